The molecule has 9 heteroatoms. The molecule has 0 spiro atoms. The van der Waals surface area contributed by atoms with Gasteiger partial charge in [-0.05, 0) is 44.0 Å². The molecule has 4 N–H and O–H groups in total. The lowest BCUT2D eigenvalue weighted by atomic mass is 10.1. The van der Waals surface area contributed by atoms with E-state index in [0.717, 1.165) is 5.56 Å². The van der Waals surface area contributed by atoms with Crippen LogP contribution in [0.4, 0.5) is 11.4 Å². The zero-order valence-electron chi connectivity index (χ0n) is 15.2. The van der Waals surface area contributed by atoms with Crippen molar-refractivity contribution in [3.05, 3.63) is 51.0 Å². The zero-order chi connectivity index (χ0) is 20.4. The van der Waals surface area contributed by atoms with Gasteiger partial charge in [0.25, 0.3) is 0 Å². The highest BCUT2D eigenvalue weighted by Crippen LogP contribution is 2.31. The number of carbonyl (C=O) groups excluding carboxylic acids is 1. The summed E-state index contributed by atoms with van der Waals surface area (Å²) in [5, 5.41) is 3.06. The number of anilines is 2. The lowest BCUT2D eigenvalue weighted by Crippen LogP contribution is -2.29. The second kappa shape index (κ2) is 8.48. The Bertz CT molecular complexity index is 945. The molecule has 0 unspecified atom stereocenters. The summed E-state index contributed by atoms with van der Waals surface area (Å²) in [6, 6.07) is 6.57. The minimum Gasteiger partial charge on any atom is -0.396 e. The fraction of sp³-hybridized carbons (Fsp3) is 0.278. The van der Waals surface area contributed by atoms with Crippen molar-refractivity contribution in [2.75, 3.05) is 17.6 Å². The number of hydrogen-bond acceptors (Lipinski definition) is 4. The molecule has 0 aliphatic carbocycles. The number of aryl methyl sites for hydroxylation is 3. The van der Waals surface area contributed by atoms with Crippen LogP contribution < -0.4 is 15.8 Å². The minimum atomic E-state index is -3.71. The number of nitrogens with one attached hydrogen (secondary N) is 2. The van der Waals surface area contributed by atoms with Crippen molar-refractivity contribution in [1.82, 2.24) is 4.72 Å². The average Bonchev–Trinajstić information content (AvgIpc) is 2.50. The number of nitrogens with two attached hydrogens (primary N) is 1. The molecule has 0 fully saturated rings. The van der Waals surface area contributed by atoms with Crippen molar-refractivity contribution in [1.29, 1.82) is 0 Å². The molecule has 2 aromatic rings. The highest BCUT2D eigenvalue weighted by atomic mass is 35.5. The molecule has 2 rings (SSSR count). The Balaban J connectivity index is 2.00. The molecule has 27 heavy (non-hydrogen) atoms. The molecule has 0 atom stereocenters. The van der Waals surface area contributed by atoms with Crippen LogP contribution in [0.2, 0.25) is 10.0 Å². The number of nitrogen functional groups attached to an aromatic ring is 1. The van der Waals surface area contributed by atoms with Crippen LogP contribution in [-0.2, 0) is 14.8 Å². The Hall–Kier alpha value is -1.80. The second-order valence-electron chi connectivity index (χ2n) is 6.28. The summed E-state index contributed by atoms with van der Waals surface area (Å²) in [4.78, 5) is 12.3. The van der Waals surface area contributed by atoms with Gasteiger partial charge in [-0.25, -0.2) is 13.1 Å². The Morgan fingerprint density at radius 1 is 1.04 bits per heavy atom. The summed E-state index contributed by atoms with van der Waals surface area (Å²) in [6.45, 7) is 5.35. The van der Waals surface area contributed by atoms with Gasteiger partial charge < -0.3 is 11.1 Å². The number of halogens is 2. The first-order chi connectivity index (χ1) is 12.5. The molecule has 1 amide bonds. The van der Waals surface area contributed by atoms with Crippen LogP contribution in [0.15, 0.2) is 29.2 Å². The molecular formula is C18H21Cl2N3O3S. The third kappa shape index (κ3) is 5.35. The summed E-state index contributed by atoms with van der Waals surface area (Å²) in [7, 11) is -3.71. The van der Waals surface area contributed by atoms with Crippen LogP contribution >= 0.6 is 23.2 Å². The lowest BCUT2D eigenvalue weighted by Gasteiger charge is -2.13. The quantitative estimate of drug-likeness (QED) is 0.607. The molecular weight excluding hydrogens is 409 g/mol. The molecule has 0 saturated carbocycles. The smallest absolute Gasteiger partial charge is 0.241 e. The van der Waals surface area contributed by atoms with E-state index in [0.29, 0.717) is 16.8 Å². The number of hydrogen-bond donors (Lipinski definition) is 3. The zero-order valence-corrected chi connectivity index (χ0v) is 17.5. The van der Waals surface area contributed by atoms with Crippen molar-refractivity contribution in [3.8, 4) is 0 Å². The average molecular weight is 430 g/mol. The van der Waals surface area contributed by atoms with Crippen LogP contribution in [0.1, 0.15) is 23.1 Å². The van der Waals surface area contributed by atoms with E-state index in [4.69, 9.17) is 28.9 Å². The van der Waals surface area contributed by atoms with E-state index in [-0.39, 0.29) is 39.5 Å². The molecule has 2 aromatic carbocycles. The molecule has 0 aliphatic heterocycles. The number of rotatable bonds is 6. The van der Waals surface area contributed by atoms with E-state index in [1.165, 1.54) is 12.1 Å². The van der Waals surface area contributed by atoms with E-state index >= 15 is 0 Å². The largest absolute Gasteiger partial charge is 0.396 e. The van der Waals surface area contributed by atoms with Gasteiger partial charge >= 0.3 is 0 Å². The van der Waals surface area contributed by atoms with Gasteiger partial charge in [-0.2, -0.15) is 0 Å². The fourth-order valence-corrected chi connectivity index (χ4v) is 4.81. The van der Waals surface area contributed by atoms with Crippen LogP contribution in [0.25, 0.3) is 0 Å². The summed E-state index contributed by atoms with van der Waals surface area (Å²) < 4.78 is 27.6. The highest BCUT2D eigenvalue weighted by Gasteiger charge is 2.20. The van der Waals surface area contributed by atoms with Gasteiger partial charge in [-0.15, -0.1) is 0 Å². The van der Waals surface area contributed by atoms with Crippen LogP contribution in [0.3, 0.4) is 0 Å². The van der Waals surface area contributed by atoms with Crippen LogP contribution in [-0.4, -0.2) is 20.9 Å². The third-order valence-corrected chi connectivity index (χ3v) is 6.27. The van der Waals surface area contributed by atoms with Crippen molar-refractivity contribution < 1.29 is 13.2 Å². The van der Waals surface area contributed by atoms with Crippen LogP contribution in [0, 0.1) is 20.8 Å². The van der Waals surface area contributed by atoms with E-state index < -0.39 is 10.0 Å². The Labute approximate surface area is 169 Å². The summed E-state index contributed by atoms with van der Waals surface area (Å²) in [6.07, 6.45) is -0.0528. The van der Waals surface area contributed by atoms with Gasteiger partial charge in [0.15, 0.2) is 0 Å². The first-order valence-corrected chi connectivity index (χ1v) is 10.4. The van der Waals surface area contributed by atoms with E-state index in [2.05, 4.69) is 10.0 Å². The predicted octanol–water partition coefficient (Wildman–Crippen LogP) is 3.81. The molecule has 0 bridgehead atoms. The summed E-state index contributed by atoms with van der Waals surface area (Å²) in [5.74, 6) is -0.382. The van der Waals surface area contributed by atoms with E-state index in [9.17, 15) is 13.2 Å². The molecule has 0 saturated heterocycles. The molecule has 0 radical (unpaired) electrons. The van der Waals surface area contributed by atoms with Gasteiger partial charge in [-0.1, -0.05) is 40.9 Å². The van der Waals surface area contributed by atoms with Crippen molar-refractivity contribution in [3.63, 3.8) is 0 Å². The maximum Gasteiger partial charge on any atom is 0.241 e. The van der Waals surface area contributed by atoms with Gasteiger partial charge in [0.2, 0.25) is 15.9 Å². The molecule has 0 heterocycles. The van der Waals surface area contributed by atoms with Gasteiger partial charge in [0, 0.05) is 18.7 Å². The van der Waals surface area contributed by atoms with Gasteiger partial charge in [0.1, 0.15) is 0 Å². The topological polar surface area (TPSA) is 101 Å². The first-order valence-electron chi connectivity index (χ1n) is 8.13. The SMILES string of the molecule is Cc1cc(C)c(S(=O)(=O)NCCC(=O)Nc2cc(Cl)c(N)c(Cl)c2)c(C)c1. The van der Waals surface area contributed by atoms with Crippen LogP contribution in [0.5, 0.6) is 0 Å². The monoisotopic (exact) mass is 429 g/mol. The number of sulfonamides is 1. The number of amides is 1. The van der Waals surface area contributed by atoms with Gasteiger partial charge in [0.05, 0.1) is 20.6 Å². The van der Waals surface area contributed by atoms with Crippen molar-refractivity contribution in [2.24, 2.45) is 0 Å². The Morgan fingerprint density at radius 3 is 2.07 bits per heavy atom. The fourth-order valence-electron chi connectivity index (χ4n) is 2.84. The molecule has 0 aromatic heterocycles. The highest BCUT2D eigenvalue weighted by molar-refractivity contribution is 7.89. The van der Waals surface area contributed by atoms with E-state index in [1.54, 1.807) is 13.8 Å². The molecule has 0 aliphatic rings. The van der Waals surface area contributed by atoms with Crippen molar-refractivity contribution >= 4 is 50.5 Å². The Kier molecular flexibility index (Phi) is 6.75. The third-order valence-electron chi connectivity index (χ3n) is 3.88. The molecule has 6 nitrogen and oxygen atoms in total. The van der Waals surface area contributed by atoms with E-state index in [1.807, 2.05) is 19.1 Å². The maximum absolute atomic E-state index is 12.6. The minimum absolute atomic E-state index is 0.0443. The number of benzene rings is 2. The molecule has 146 valence electrons. The standard InChI is InChI=1S/C18H21Cl2N3O3S/c1-10-6-11(2)18(12(3)7-10)27(25,26)22-5-4-16(24)23-13-8-14(19)17(21)15(20)9-13/h6-9,22H,4-5,21H2,1-3H3,(H,23,24). The normalized spacial score (nSPS) is 11.4. The van der Waals surface area contributed by atoms with Gasteiger partial charge in [-0.3, -0.25) is 4.79 Å². The maximum atomic E-state index is 12.6. The second-order valence-corrected chi connectivity index (χ2v) is 8.80. The Morgan fingerprint density at radius 2 is 1.56 bits per heavy atom. The predicted molar refractivity (Wildman–Crippen MR) is 110 cm³/mol. The summed E-state index contributed by atoms with van der Waals surface area (Å²) >= 11 is 11.8. The van der Waals surface area contributed by atoms with Crippen molar-refractivity contribution in [2.45, 2.75) is 32.1 Å². The first kappa shape index (κ1) is 21.5. The number of carbonyl (C=O) groups is 1. The summed E-state index contributed by atoms with van der Waals surface area (Å²) in [5.41, 5.74) is 8.58. The lowest BCUT2D eigenvalue weighted by molar-refractivity contribution is -0.116.